The molecule has 0 unspecified atom stereocenters. The Balaban J connectivity index is 1.35. The van der Waals surface area contributed by atoms with Gasteiger partial charge in [0.1, 0.15) is 17.5 Å². The van der Waals surface area contributed by atoms with E-state index >= 15 is 0 Å². The van der Waals surface area contributed by atoms with Gasteiger partial charge in [0.25, 0.3) is 0 Å². The summed E-state index contributed by atoms with van der Waals surface area (Å²) < 4.78 is 1.99. The number of aromatic nitrogens is 3. The Kier molecular flexibility index (Phi) is 9.55. The Bertz CT molecular complexity index is 1440. The van der Waals surface area contributed by atoms with E-state index in [1.165, 1.54) is 5.56 Å². The maximum atomic E-state index is 12.6. The first kappa shape index (κ1) is 29.5. The van der Waals surface area contributed by atoms with E-state index in [1.807, 2.05) is 22.9 Å². The SMILES string of the molecule is CC(C)(C)c1ccc(-n2nc(-c3ccccn3)cc2CCCCCC(=O)N[C@H](Cc2ccc(O)cc2)C(N)=O)cc1. The van der Waals surface area contributed by atoms with Crippen molar-refractivity contribution in [1.82, 2.24) is 20.1 Å². The highest BCUT2D eigenvalue weighted by Crippen LogP contribution is 2.26. The number of carbonyl (C=O) groups excluding carboxylic acids is 2. The number of nitrogens with one attached hydrogen (secondary N) is 1. The second-order valence-electron chi connectivity index (χ2n) is 11.4. The molecule has 2 aromatic carbocycles. The average Bonchev–Trinajstić information content (AvgIpc) is 3.38. The van der Waals surface area contributed by atoms with Crippen molar-refractivity contribution in [2.24, 2.45) is 5.73 Å². The molecule has 4 aromatic rings. The van der Waals surface area contributed by atoms with Crippen LogP contribution in [0.15, 0.2) is 79.0 Å². The molecule has 0 radical (unpaired) electrons. The molecule has 8 heteroatoms. The number of carbonyl (C=O) groups is 2. The van der Waals surface area contributed by atoms with Crippen LogP contribution in [0, 0.1) is 0 Å². The zero-order chi connectivity index (χ0) is 29.4. The number of rotatable bonds is 12. The van der Waals surface area contributed by atoms with Crippen LogP contribution in [0.3, 0.4) is 0 Å². The van der Waals surface area contributed by atoms with Gasteiger partial charge in [-0.2, -0.15) is 5.10 Å². The summed E-state index contributed by atoms with van der Waals surface area (Å²) in [6.45, 7) is 6.60. The third kappa shape index (κ3) is 8.27. The highest BCUT2D eigenvalue weighted by atomic mass is 16.3. The number of aryl methyl sites for hydroxylation is 1. The maximum absolute atomic E-state index is 12.6. The van der Waals surface area contributed by atoms with Gasteiger partial charge in [-0.25, -0.2) is 4.68 Å². The number of unbranched alkanes of at least 4 members (excludes halogenated alkanes) is 2. The number of hydrogen-bond acceptors (Lipinski definition) is 5. The van der Waals surface area contributed by atoms with Gasteiger partial charge in [0.15, 0.2) is 0 Å². The fourth-order valence-corrected chi connectivity index (χ4v) is 4.69. The highest BCUT2D eigenvalue weighted by molar-refractivity contribution is 5.86. The fourth-order valence-electron chi connectivity index (χ4n) is 4.69. The van der Waals surface area contributed by atoms with E-state index in [0.29, 0.717) is 12.8 Å². The second-order valence-corrected chi connectivity index (χ2v) is 11.4. The Hall–Kier alpha value is -4.46. The number of nitrogens with two attached hydrogens (primary N) is 1. The van der Waals surface area contributed by atoms with Crippen molar-refractivity contribution >= 4 is 11.8 Å². The molecule has 0 aliphatic carbocycles. The lowest BCUT2D eigenvalue weighted by molar-refractivity contribution is -0.127. The van der Waals surface area contributed by atoms with Crippen LogP contribution in [-0.4, -0.2) is 37.7 Å². The molecule has 0 saturated heterocycles. The maximum Gasteiger partial charge on any atom is 0.240 e. The summed E-state index contributed by atoms with van der Waals surface area (Å²) in [4.78, 5) is 28.9. The van der Waals surface area contributed by atoms with Crippen molar-refractivity contribution in [2.75, 3.05) is 0 Å². The number of primary amides is 1. The number of phenolic OH excluding ortho intramolecular Hbond substituents is 1. The van der Waals surface area contributed by atoms with Gasteiger partial charge in [0.2, 0.25) is 11.8 Å². The number of phenols is 1. The van der Waals surface area contributed by atoms with Crippen LogP contribution < -0.4 is 11.1 Å². The standard InChI is InChI=1S/C33H39N5O3/c1-33(2,3)24-14-16-25(17-15-24)38-26(22-29(37-38)28-10-7-8-20-35-28)9-5-4-6-11-31(40)36-30(32(34)41)21-23-12-18-27(39)19-13-23/h7-8,10,12-20,22,30,39H,4-6,9,11,21H2,1-3H3,(H2,34,41)(H,36,40)/t30-/m1/s1. The van der Waals surface area contributed by atoms with E-state index < -0.39 is 11.9 Å². The molecular weight excluding hydrogens is 514 g/mol. The summed E-state index contributed by atoms with van der Waals surface area (Å²) >= 11 is 0. The van der Waals surface area contributed by atoms with Crippen LogP contribution in [0.1, 0.15) is 63.3 Å². The molecule has 0 aliphatic heterocycles. The van der Waals surface area contributed by atoms with Crippen LogP contribution in [0.5, 0.6) is 5.75 Å². The Morgan fingerprint density at radius 1 is 0.951 bits per heavy atom. The molecule has 0 bridgehead atoms. The first-order chi connectivity index (χ1) is 19.6. The van der Waals surface area contributed by atoms with E-state index in [0.717, 1.165) is 47.6 Å². The summed E-state index contributed by atoms with van der Waals surface area (Å²) in [6, 6.07) is 22.1. The molecule has 4 rings (SSSR count). The van der Waals surface area contributed by atoms with Gasteiger partial charge in [-0.15, -0.1) is 0 Å². The monoisotopic (exact) mass is 553 g/mol. The fraction of sp³-hybridized carbons (Fsp3) is 0.333. The van der Waals surface area contributed by atoms with E-state index in [-0.39, 0.29) is 23.5 Å². The quantitative estimate of drug-likeness (QED) is 0.207. The van der Waals surface area contributed by atoms with E-state index in [1.54, 1.807) is 30.5 Å². The molecule has 41 heavy (non-hydrogen) atoms. The predicted octanol–water partition coefficient (Wildman–Crippen LogP) is 5.25. The Morgan fingerprint density at radius 3 is 2.32 bits per heavy atom. The molecule has 0 spiro atoms. The molecule has 214 valence electrons. The number of aromatic hydroxyl groups is 1. The minimum absolute atomic E-state index is 0.0693. The van der Waals surface area contributed by atoms with Crippen molar-refractivity contribution in [2.45, 2.75) is 70.8 Å². The summed E-state index contributed by atoms with van der Waals surface area (Å²) in [5.74, 6) is -0.643. The average molecular weight is 554 g/mol. The van der Waals surface area contributed by atoms with Gasteiger partial charge in [-0.05, 0) is 78.3 Å². The van der Waals surface area contributed by atoms with Crippen LogP contribution in [0.25, 0.3) is 17.1 Å². The summed E-state index contributed by atoms with van der Waals surface area (Å²) in [5, 5.41) is 17.1. The molecule has 2 heterocycles. The minimum atomic E-state index is -0.795. The molecule has 4 N–H and O–H groups in total. The Morgan fingerprint density at radius 2 is 1.68 bits per heavy atom. The molecule has 2 aromatic heterocycles. The van der Waals surface area contributed by atoms with Crippen molar-refractivity contribution in [3.05, 3.63) is 95.8 Å². The predicted molar refractivity (Wildman–Crippen MR) is 161 cm³/mol. The smallest absolute Gasteiger partial charge is 0.240 e. The molecular formula is C33H39N5O3. The van der Waals surface area contributed by atoms with Crippen molar-refractivity contribution in [3.8, 4) is 22.8 Å². The summed E-state index contributed by atoms with van der Waals surface area (Å²) in [7, 11) is 0. The van der Waals surface area contributed by atoms with Crippen molar-refractivity contribution < 1.29 is 14.7 Å². The Labute approximate surface area is 241 Å². The lowest BCUT2D eigenvalue weighted by Gasteiger charge is -2.19. The lowest BCUT2D eigenvalue weighted by atomic mass is 9.87. The van der Waals surface area contributed by atoms with E-state index in [4.69, 9.17) is 10.8 Å². The van der Waals surface area contributed by atoms with Gasteiger partial charge in [0, 0.05) is 24.7 Å². The number of nitrogens with zero attached hydrogens (tertiary/aromatic N) is 3. The zero-order valence-electron chi connectivity index (χ0n) is 24.0. The first-order valence-corrected chi connectivity index (χ1v) is 14.1. The molecule has 1 atom stereocenters. The van der Waals surface area contributed by atoms with Crippen molar-refractivity contribution in [3.63, 3.8) is 0 Å². The zero-order valence-corrected chi connectivity index (χ0v) is 24.0. The van der Waals surface area contributed by atoms with Crippen LogP contribution >= 0.6 is 0 Å². The summed E-state index contributed by atoms with van der Waals surface area (Å²) in [6.07, 6.45) is 5.58. The molecule has 0 fully saturated rings. The number of pyridine rings is 1. The number of amides is 2. The minimum Gasteiger partial charge on any atom is -0.508 e. The first-order valence-electron chi connectivity index (χ1n) is 14.1. The van der Waals surface area contributed by atoms with Gasteiger partial charge in [-0.3, -0.25) is 14.6 Å². The van der Waals surface area contributed by atoms with Crippen LogP contribution in [0.2, 0.25) is 0 Å². The van der Waals surface area contributed by atoms with Gasteiger partial charge in [-0.1, -0.05) is 57.5 Å². The van der Waals surface area contributed by atoms with Crippen molar-refractivity contribution in [1.29, 1.82) is 0 Å². The third-order valence-electron chi connectivity index (χ3n) is 7.08. The van der Waals surface area contributed by atoms with Gasteiger partial charge >= 0.3 is 0 Å². The normalized spacial score (nSPS) is 12.2. The lowest BCUT2D eigenvalue weighted by Crippen LogP contribution is -2.45. The molecule has 2 amide bonds. The van der Waals surface area contributed by atoms with Crippen LogP contribution in [0.4, 0.5) is 0 Å². The highest BCUT2D eigenvalue weighted by Gasteiger charge is 2.19. The van der Waals surface area contributed by atoms with Crippen LogP contribution in [-0.2, 0) is 27.8 Å². The molecule has 0 saturated carbocycles. The number of benzene rings is 2. The second kappa shape index (κ2) is 13.3. The van der Waals surface area contributed by atoms with E-state index in [9.17, 15) is 14.7 Å². The van der Waals surface area contributed by atoms with Gasteiger partial charge < -0.3 is 16.2 Å². The topological polar surface area (TPSA) is 123 Å². The third-order valence-corrected chi connectivity index (χ3v) is 7.08. The molecule has 0 aliphatic rings. The summed E-state index contributed by atoms with van der Waals surface area (Å²) in [5.41, 5.74) is 11.4. The van der Waals surface area contributed by atoms with Gasteiger partial charge in [0.05, 0.1) is 11.4 Å². The van der Waals surface area contributed by atoms with E-state index in [2.05, 4.69) is 61.4 Å². The molecule has 8 nitrogen and oxygen atoms in total. The number of hydrogen-bond donors (Lipinski definition) is 3. The largest absolute Gasteiger partial charge is 0.508 e.